The van der Waals surface area contributed by atoms with Gasteiger partial charge in [0.05, 0.1) is 19.8 Å². The van der Waals surface area contributed by atoms with Crippen LogP contribution in [0.5, 0.6) is 0 Å². The molecule has 54 heavy (non-hydrogen) atoms. The summed E-state index contributed by atoms with van der Waals surface area (Å²) in [5.41, 5.74) is 4.69. The zero-order valence-corrected chi connectivity index (χ0v) is 37.5. The van der Waals surface area contributed by atoms with Crippen molar-refractivity contribution in [3.8, 4) is 12.1 Å². The number of ether oxygens (including phenoxy) is 1. The summed E-state index contributed by atoms with van der Waals surface area (Å²) >= 11 is 0. The monoisotopic (exact) mass is 764 g/mol. The molecule has 0 saturated heterocycles. The molecular formula is C45H64N4O3Si2. The molecular weight excluding hydrogens is 701 g/mol. The largest absolute Gasteiger partial charge is 0.493 e. The Morgan fingerprint density at radius 3 is 1.89 bits per heavy atom. The van der Waals surface area contributed by atoms with Crippen LogP contribution in [0, 0.1) is 34.6 Å². The molecule has 0 N–H and O–H groups in total. The van der Waals surface area contributed by atoms with E-state index in [9.17, 15) is 10.5 Å². The number of benzene rings is 1. The van der Waals surface area contributed by atoms with E-state index in [0.29, 0.717) is 18.8 Å². The number of hydrogen-bond donors (Lipinski definition) is 0. The van der Waals surface area contributed by atoms with Crippen LogP contribution in [0.2, 0.25) is 36.3 Å². The van der Waals surface area contributed by atoms with E-state index < -0.39 is 22.2 Å². The number of rotatable bonds is 13. The molecule has 0 fully saturated rings. The Hall–Kier alpha value is -3.92. The maximum atomic E-state index is 9.39. The molecule has 0 radical (unpaired) electrons. The number of nitriles is 2. The van der Waals surface area contributed by atoms with Gasteiger partial charge in [0.15, 0.2) is 28.0 Å². The van der Waals surface area contributed by atoms with Crippen molar-refractivity contribution in [1.29, 1.82) is 10.5 Å². The maximum Gasteiger partial charge on any atom is 0.237 e. The maximum absolute atomic E-state index is 9.39. The van der Waals surface area contributed by atoms with Crippen molar-refractivity contribution in [3.05, 3.63) is 105 Å². The van der Waals surface area contributed by atoms with Gasteiger partial charge >= 0.3 is 0 Å². The SMILES string of the molecule is [C-]#[N+]C1=C(/C=C/C=C2C=C(/C=C/c3ccc(N(CCO[Si](C)(C)C(C)(C)C)CCO[Si](C)(C)C(C)(C)C)cc3)CC(C)(C)C/2)C(C)(C)OC1=C(C#N)C#N. The molecule has 1 aliphatic heterocycles. The average Bonchev–Trinajstić information content (AvgIpc) is 3.30. The Morgan fingerprint density at radius 2 is 1.41 bits per heavy atom. The van der Waals surface area contributed by atoms with Gasteiger partial charge < -0.3 is 18.5 Å². The summed E-state index contributed by atoms with van der Waals surface area (Å²) in [5.74, 6) is 0.0606. The van der Waals surface area contributed by atoms with Crippen LogP contribution in [0.15, 0.2) is 88.4 Å². The number of allylic oxidation sites excluding steroid dienone is 7. The third-order valence-electron chi connectivity index (χ3n) is 11.4. The summed E-state index contributed by atoms with van der Waals surface area (Å²) in [6.45, 7) is 42.0. The van der Waals surface area contributed by atoms with Crippen molar-refractivity contribution in [2.75, 3.05) is 31.2 Å². The highest BCUT2D eigenvalue weighted by molar-refractivity contribution is 6.74. The lowest BCUT2D eigenvalue weighted by molar-refractivity contribution is 0.0953. The molecule has 0 bridgehead atoms. The van der Waals surface area contributed by atoms with Crippen molar-refractivity contribution in [1.82, 2.24) is 0 Å². The third kappa shape index (κ3) is 11.5. The van der Waals surface area contributed by atoms with Crippen LogP contribution in [-0.4, -0.2) is 48.5 Å². The molecule has 0 saturated carbocycles. The zero-order valence-electron chi connectivity index (χ0n) is 35.5. The Morgan fingerprint density at radius 1 is 0.870 bits per heavy atom. The normalized spacial score (nSPS) is 18.4. The molecule has 3 rings (SSSR count). The third-order valence-corrected chi connectivity index (χ3v) is 20.4. The Kier molecular flexibility index (Phi) is 14.2. The fraction of sp³-hybridized carbons (Fsp3) is 0.533. The quantitative estimate of drug-likeness (QED) is 0.113. The molecule has 1 aliphatic carbocycles. The minimum Gasteiger partial charge on any atom is -0.493 e. The topological polar surface area (TPSA) is 82.9 Å². The van der Waals surface area contributed by atoms with Gasteiger partial charge in [-0.3, -0.25) is 0 Å². The van der Waals surface area contributed by atoms with Gasteiger partial charge in [0.2, 0.25) is 5.70 Å². The highest BCUT2D eigenvalue weighted by atomic mass is 28.4. The molecule has 1 aromatic carbocycles. The second kappa shape index (κ2) is 17.3. The minimum atomic E-state index is -1.86. The van der Waals surface area contributed by atoms with Crippen molar-refractivity contribution in [2.24, 2.45) is 5.41 Å². The molecule has 0 aromatic heterocycles. The smallest absolute Gasteiger partial charge is 0.237 e. The predicted octanol–water partition coefficient (Wildman–Crippen LogP) is 12.1. The van der Waals surface area contributed by atoms with Gasteiger partial charge in [0.1, 0.15) is 17.7 Å². The lowest BCUT2D eigenvalue weighted by atomic mass is 9.75. The van der Waals surface area contributed by atoms with E-state index in [2.05, 4.69) is 140 Å². The lowest BCUT2D eigenvalue weighted by Crippen LogP contribution is -2.44. The molecule has 290 valence electrons. The first-order valence-electron chi connectivity index (χ1n) is 19.1. The predicted molar refractivity (Wildman–Crippen MR) is 229 cm³/mol. The van der Waals surface area contributed by atoms with Crippen LogP contribution >= 0.6 is 0 Å². The summed E-state index contributed by atoms with van der Waals surface area (Å²) in [7, 11) is -3.71. The van der Waals surface area contributed by atoms with Crippen molar-refractivity contribution >= 4 is 28.4 Å². The van der Waals surface area contributed by atoms with Gasteiger partial charge in [-0.25, -0.2) is 4.85 Å². The molecule has 1 aromatic rings. The van der Waals surface area contributed by atoms with Crippen LogP contribution in [0.1, 0.15) is 87.6 Å². The first-order chi connectivity index (χ1) is 24.9. The van der Waals surface area contributed by atoms with Crippen molar-refractivity contribution in [3.63, 3.8) is 0 Å². The van der Waals surface area contributed by atoms with Crippen LogP contribution in [-0.2, 0) is 13.6 Å². The lowest BCUT2D eigenvalue weighted by Gasteiger charge is -2.38. The molecule has 0 amide bonds. The van der Waals surface area contributed by atoms with Crippen molar-refractivity contribution < 1.29 is 13.6 Å². The van der Waals surface area contributed by atoms with Crippen LogP contribution < -0.4 is 4.90 Å². The Balaban J connectivity index is 1.82. The van der Waals surface area contributed by atoms with Gasteiger partial charge in [-0.2, -0.15) is 10.5 Å². The van der Waals surface area contributed by atoms with Gasteiger partial charge in [-0.05, 0) is 97.2 Å². The minimum absolute atomic E-state index is 0.0606. The average molecular weight is 765 g/mol. The highest BCUT2D eigenvalue weighted by Gasteiger charge is 2.40. The molecule has 0 unspecified atom stereocenters. The molecule has 0 atom stereocenters. The second-order valence-electron chi connectivity index (χ2n) is 18.9. The van der Waals surface area contributed by atoms with Crippen LogP contribution in [0.4, 0.5) is 5.69 Å². The van der Waals surface area contributed by atoms with Gasteiger partial charge in [0.25, 0.3) is 0 Å². The summed E-state index contributed by atoms with van der Waals surface area (Å²) in [6.07, 6.45) is 14.5. The number of hydrogen-bond acceptors (Lipinski definition) is 6. The summed E-state index contributed by atoms with van der Waals surface area (Å²) in [5, 5.41) is 19.1. The summed E-state index contributed by atoms with van der Waals surface area (Å²) < 4.78 is 19.1. The number of nitrogens with zero attached hydrogens (tertiary/aromatic N) is 4. The van der Waals surface area contributed by atoms with Crippen molar-refractivity contribution in [2.45, 2.75) is 124 Å². The summed E-state index contributed by atoms with van der Waals surface area (Å²) in [4.78, 5) is 6.04. The van der Waals surface area contributed by atoms with E-state index in [1.54, 1.807) is 0 Å². The fourth-order valence-corrected chi connectivity index (χ4v) is 8.14. The first kappa shape index (κ1) is 44.5. The fourth-order valence-electron chi connectivity index (χ4n) is 6.07. The van der Waals surface area contributed by atoms with E-state index in [1.165, 1.54) is 16.8 Å². The molecule has 0 spiro atoms. The van der Waals surface area contributed by atoms with Gasteiger partial charge in [-0.15, -0.1) is 0 Å². The molecule has 9 heteroatoms. The van der Waals surface area contributed by atoms with E-state index in [-0.39, 0.29) is 32.5 Å². The van der Waals surface area contributed by atoms with Gasteiger partial charge in [0, 0.05) is 24.4 Å². The molecule has 1 heterocycles. The summed E-state index contributed by atoms with van der Waals surface area (Å²) in [6, 6.07) is 12.5. The molecule has 7 nitrogen and oxygen atoms in total. The number of anilines is 1. The van der Waals surface area contributed by atoms with Crippen LogP contribution in [0.3, 0.4) is 0 Å². The van der Waals surface area contributed by atoms with E-state index in [1.807, 2.05) is 38.1 Å². The second-order valence-corrected chi connectivity index (χ2v) is 28.5. The zero-order chi connectivity index (χ0) is 40.8. The molecule has 2 aliphatic rings. The standard InChI is InChI=1S/C45H64N4O3Si2/c1-42(2,3)53(12,13)50-27-25-49(26-28-51-54(14,15)43(4,5)6)38-23-21-34(22-24-38)19-20-36-29-35(30-44(7,8)31-36)17-16-18-39-40(48-11)41(37(32-46)33-47)52-45(39,9)10/h16-24,29H,25-28,30-31H2,1-10,12-15H3/b18-16+,20-19+,35-17-. The highest BCUT2D eigenvalue weighted by Crippen LogP contribution is 2.42. The Labute approximate surface area is 329 Å². The van der Waals surface area contributed by atoms with E-state index >= 15 is 0 Å². The Bertz CT molecular complexity index is 1790. The first-order valence-corrected chi connectivity index (χ1v) is 24.9. The van der Waals surface area contributed by atoms with Crippen LogP contribution in [0.25, 0.3) is 10.9 Å². The van der Waals surface area contributed by atoms with E-state index in [4.69, 9.17) is 20.2 Å². The van der Waals surface area contributed by atoms with Gasteiger partial charge in [-0.1, -0.05) is 104 Å². The van der Waals surface area contributed by atoms with E-state index in [0.717, 1.165) is 31.5 Å².